The van der Waals surface area contributed by atoms with Gasteiger partial charge in [0.25, 0.3) is 11.2 Å². The first-order valence-corrected chi connectivity index (χ1v) is 12.3. The number of furan rings is 1. The number of allylic oxidation sites excluding steroid dienone is 1. The van der Waals surface area contributed by atoms with Crippen LogP contribution in [0.2, 0.25) is 0 Å². The van der Waals surface area contributed by atoms with Crippen molar-refractivity contribution in [3.63, 3.8) is 0 Å². The number of fused-ring (bicyclic) bond motifs is 1. The van der Waals surface area contributed by atoms with E-state index in [1.165, 1.54) is 29.1 Å². The monoisotopic (exact) mass is 515 g/mol. The summed E-state index contributed by atoms with van der Waals surface area (Å²) in [6.07, 6.45) is 2.06. The number of para-hydroxylation sites is 1. The number of thiazole rings is 1. The van der Waals surface area contributed by atoms with Crippen LogP contribution in [0.5, 0.6) is 0 Å². The molecule has 0 amide bonds. The van der Waals surface area contributed by atoms with E-state index in [0.717, 1.165) is 5.56 Å². The van der Waals surface area contributed by atoms with Crippen LogP contribution in [0.4, 0.5) is 5.69 Å². The Bertz CT molecular complexity index is 1730. The fraction of sp³-hybridized carbons (Fsp3) is 0.148. The van der Waals surface area contributed by atoms with E-state index in [4.69, 9.17) is 9.15 Å². The van der Waals surface area contributed by atoms with Gasteiger partial charge in [-0.15, -0.1) is 0 Å². The largest absolute Gasteiger partial charge is 0.466 e. The fourth-order valence-electron chi connectivity index (χ4n) is 4.36. The summed E-state index contributed by atoms with van der Waals surface area (Å²) in [5.74, 6) is 0.135. The van der Waals surface area contributed by atoms with Crippen molar-refractivity contribution in [3.05, 3.63) is 119 Å². The molecule has 0 unspecified atom stereocenters. The van der Waals surface area contributed by atoms with E-state index in [1.54, 1.807) is 36.4 Å². The SMILES string of the molecule is CCC1=C(C(=O)OC)[C@@H](c2ccccc2)n2c(s/c(=C/c3ccc(-c4ccccc4[N+](=O)[O-])o3)c2=O)=N1. The predicted molar refractivity (Wildman–Crippen MR) is 138 cm³/mol. The predicted octanol–water partition coefficient (Wildman–Crippen LogP) is 3.97. The van der Waals surface area contributed by atoms with Crippen LogP contribution in [0, 0.1) is 10.1 Å². The van der Waals surface area contributed by atoms with Crippen LogP contribution in [0.25, 0.3) is 17.4 Å². The number of benzene rings is 2. The summed E-state index contributed by atoms with van der Waals surface area (Å²) >= 11 is 1.18. The van der Waals surface area contributed by atoms with Gasteiger partial charge in [0, 0.05) is 12.1 Å². The second-order valence-corrected chi connectivity index (χ2v) is 9.18. The van der Waals surface area contributed by atoms with Crippen molar-refractivity contribution >= 4 is 29.1 Å². The molecule has 3 heterocycles. The highest BCUT2D eigenvalue weighted by Crippen LogP contribution is 2.32. The molecular weight excluding hydrogens is 494 g/mol. The maximum Gasteiger partial charge on any atom is 0.338 e. The molecule has 0 saturated heterocycles. The quantitative estimate of drug-likeness (QED) is 0.218. The van der Waals surface area contributed by atoms with Gasteiger partial charge >= 0.3 is 5.97 Å². The van der Waals surface area contributed by atoms with Crippen molar-refractivity contribution in [2.45, 2.75) is 19.4 Å². The molecule has 1 aliphatic heterocycles. The van der Waals surface area contributed by atoms with Gasteiger partial charge in [-0.25, -0.2) is 9.79 Å². The van der Waals surface area contributed by atoms with Crippen molar-refractivity contribution in [1.29, 1.82) is 0 Å². The van der Waals surface area contributed by atoms with Gasteiger partial charge in [0.15, 0.2) is 4.80 Å². The van der Waals surface area contributed by atoms with Crippen LogP contribution >= 0.6 is 11.3 Å². The molecule has 0 saturated carbocycles. The van der Waals surface area contributed by atoms with Crippen molar-refractivity contribution in [1.82, 2.24) is 4.57 Å². The smallest absolute Gasteiger partial charge is 0.338 e. The minimum absolute atomic E-state index is 0.0759. The molecule has 1 atom stereocenters. The number of rotatable bonds is 6. The lowest BCUT2D eigenvalue weighted by molar-refractivity contribution is -0.384. The number of hydrogen-bond acceptors (Lipinski definition) is 8. The Morgan fingerprint density at radius 3 is 2.59 bits per heavy atom. The third-order valence-corrected chi connectivity index (χ3v) is 7.01. The zero-order valence-electron chi connectivity index (χ0n) is 19.9. The average molecular weight is 516 g/mol. The second kappa shape index (κ2) is 9.82. The van der Waals surface area contributed by atoms with Crippen molar-refractivity contribution in [2.24, 2.45) is 4.99 Å². The van der Waals surface area contributed by atoms with Gasteiger partial charge in [-0.1, -0.05) is 60.7 Å². The molecule has 2 aromatic heterocycles. The number of nitro benzene ring substituents is 1. The Morgan fingerprint density at radius 2 is 1.89 bits per heavy atom. The van der Waals surface area contributed by atoms with Crippen LogP contribution in [-0.4, -0.2) is 22.6 Å². The van der Waals surface area contributed by atoms with Crippen LogP contribution in [0.3, 0.4) is 0 Å². The van der Waals surface area contributed by atoms with Crippen LogP contribution in [0.15, 0.2) is 92.2 Å². The zero-order valence-corrected chi connectivity index (χ0v) is 20.7. The number of nitro groups is 1. The summed E-state index contributed by atoms with van der Waals surface area (Å²) in [5.41, 5.74) is 1.57. The Labute approximate surface area is 214 Å². The molecule has 9 nitrogen and oxygen atoms in total. The Balaban J connectivity index is 1.66. The maximum absolute atomic E-state index is 13.6. The van der Waals surface area contributed by atoms with E-state index in [0.29, 0.717) is 44.1 Å². The maximum atomic E-state index is 13.6. The number of aromatic nitrogens is 1. The van der Waals surface area contributed by atoms with Crippen molar-refractivity contribution in [3.8, 4) is 11.3 Å². The Kier molecular flexibility index (Phi) is 6.41. The summed E-state index contributed by atoms with van der Waals surface area (Å²) in [7, 11) is 1.31. The molecule has 186 valence electrons. The first-order chi connectivity index (χ1) is 17.9. The summed E-state index contributed by atoms with van der Waals surface area (Å²) in [5, 5.41) is 11.4. The highest BCUT2D eigenvalue weighted by molar-refractivity contribution is 7.07. The van der Waals surface area contributed by atoms with Gasteiger partial charge in [0.05, 0.1) is 39.4 Å². The molecule has 0 fully saturated rings. The van der Waals surface area contributed by atoms with Gasteiger partial charge in [-0.3, -0.25) is 19.5 Å². The van der Waals surface area contributed by atoms with E-state index in [-0.39, 0.29) is 11.2 Å². The lowest BCUT2D eigenvalue weighted by Gasteiger charge is -2.25. The molecule has 0 bridgehead atoms. The fourth-order valence-corrected chi connectivity index (χ4v) is 5.36. The molecule has 0 aliphatic carbocycles. The zero-order chi connectivity index (χ0) is 26.1. The molecule has 4 aromatic rings. The molecule has 0 radical (unpaired) electrons. The number of carbonyl (C=O) groups is 1. The topological polar surface area (TPSA) is 117 Å². The number of methoxy groups -OCH3 is 1. The number of hydrogen-bond donors (Lipinski definition) is 0. The third-order valence-electron chi connectivity index (χ3n) is 6.03. The first kappa shape index (κ1) is 24.1. The van der Waals surface area contributed by atoms with Crippen molar-refractivity contribution in [2.75, 3.05) is 7.11 Å². The van der Waals surface area contributed by atoms with Gasteiger partial charge in [0.1, 0.15) is 11.5 Å². The van der Waals surface area contributed by atoms with Crippen LogP contribution in [0.1, 0.15) is 30.7 Å². The summed E-state index contributed by atoms with van der Waals surface area (Å²) < 4.78 is 12.8. The summed E-state index contributed by atoms with van der Waals surface area (Å²) in [6.45, 7) is 1.89. The van der Waals surface area contributed by atoms with Gasteiger partial charge < -0.3 is 9.15 Å². The Hall–Kier alpha value is -4.57. The normalized spacial score (nSPS) is 15.3. The summed E-state index contributed by atoms with van der Waals surface area (Å²) in [6, 6.07) is 18.1. The first-order valence-electron chi connectivity index (χ1n) is 11.4. The number of carbonyl (C=O) groups excluding carboxylic acids is 1. The highest BCUT2D eigenvalue weighted by atomic mass is 32.1. The molecule has 2 aromatic carbocycles. The van der Waals surface area contributed by atoms with Gasteiger partial charge in [-0.2, -0.15) is 0 Å². The molecule has 5 rings (SSSR count). The van der Waals surface area contributed by atoms with E-state index >= 15 is 0 Å². The molecular formula is C27H21N3O6S. The second-order valence-electron chi connectivity index (χ2n) is 8.18. The minimum Gasteiger partial charge on any atom is -0.466 e. The van der Waals surface area contributed by atoms with E-state index < -0.39 is 16.9 Å². The molecule has 37 heavy (non-hydrogen) atoms. The van der Waals surface area contributed by atoms with E-state index in [2.05, 4.69) is 4.99 Å². The minimum atomic E-state index is -0.693. The molecule has 0 spiro atoms. The average Bonchev–Trinajstić information content (AvgIpc) is 3.51. The molecule has 10 heteroatoms. The number of nitrogens with zero attached hydrogens (tertiary/aromatic N) is 3. The van der Waals surface area contributed by atoms with Gasteiger partial charge in [0.2, 0.25) is 0 Å². The van der Waals surface area contributed by atoms with Gasteiger partial charge in [-0.05, 0) is 30.2 Å². The number of esters is 1. The van der Waals surface area contributed by atoms with Crippen LogP contribution < -0.4 is 14.9 Å². The highest BCUT2D eigenvalue weighted by Gasteiger charge is 2.33. The standard InChI is InChI=1S/C27H21N3O6S/c1-3-19-23(26(32)35-2)24(16-9-5-4-6-10-16)29-25(31)22(37-27(29)28-19)15-17-13-14-21(36-17)18-11-7-8-12-20(18)30(33)34/h4-15,24H,3H2,1-2H3/b22-15+/t24-/m1/s1. The molecule has 1 aliphatic rings. The number of ether oxygens (including phenoxy) is 1. The van der Waals surface area contributed by atoms with E-state index in [9.17, 15) is 19.7 Å². The van der Waals surface area contributed by atoms with Crippen molar-refractivity contribution < 1.29 is 18.9 Å². The lowest BCUT2D eigenvalue weighted by atomic mass is 9.95. The third kappa shape index (κ3) is 4.31. The van der Waals surface area contributed by atoms with E-state index in [1.807, 2.05) is 37.3 Å². The van der Waals surface area contributed by atoms with Crippen LogP contribution in [-0.2, 0) is 9.53 Å². The Morgan fingerprint density at radius 1 is 1.16 bits per heavy atom. The molecule has 0 N–H and O–H groups in total. The lowest BCUT2D eigenvalue weighted by Crippen LogP contribution is -2.40. The summed E-state index contributed by atoms with van der Waals surface area (Å²) in [4.78, 5) is 42.5.